The second-order valence-electron chi connectivity index (χ2n) is 6.00. The normalized spacial score (nSPS) is 11.8. The molecule has 0 radical (unpaired) electrons. The number of rotatable bonds is 2. The van der Waals surface area contributed by atoms with Crippen LogP contribution in [-0.4, -0.2) is 0 Å². The Balaban J connectivity index is 2.19. The number of thiophene rings is 1. The smallest absolute Gasteiger partial charge is 0.133 e. The minimum Gasteiger partial charge on any atom is -0.464 e. The van der Waals surface area contributed by atoms with Crippen molar-refractivity contribution in [2.45, 2.75) is 26.2 Å². The van der Waals surface area contributed by atoms with Crippen LogP contribution in [0.5, 0.6) is 0 Å². The van der Waals surface area contributed by atoms with Crippen molar-refractivity contribution in [1.29, 1.82) is 0 Å². The van der Waals surface area contributed by atoms with Crippen LogP contribution in [0.25, 0.3) is 21.8 Å². The van der Waals surface area contributed by atoms with Gasteiger partial charge >= 0.3 is 0 Å². The summed E-state index contributed by atoms with van der Waals surface area (Å²) in [5, 5.41) is 2.12. The van der Waals surface area contributed by atoms with Crippen molar-refractivity contribution in [2.75, 3.05) is 0 Å². The third-order valence-corrected chi connectivity index (χ3v) is 4.33. The molecular formula is C18H18OS. The van der Waals surface area contributed by atoms with Gasteiger partial charge in [0.2, 0.25) is 0 Å². The van der Waals surface area contributed by atoms with Crippen LogP contribution in [0.2, 0.25) is 0 Å². The molecule has 0 aliphatic rings. The van der Waals surface area contributed by atoms with Gasteiger partial charge in [-0.3, -0.25) is 0 Å². The van der Waals surface area contributed by atoms with Crippen LogP contribution in [0, 0.1) is 0 Å². The first-order chi connectivity index (χ1) is 9.54. The minimum absolute atomic E-state index is 0.120. The van der Waals surface area contributed by atoms with Gasteiger partial charge in [0.15, 0.2) is 0 Å². The highest BCUT2D eigenvalue weighted by Gasteiger charge is 2.17. The van der Waals surface area contributed by atoms with Gasteiger partial charge in [-0.15, -0.1) is 11.3 Å². The molecule has 102 valence electrons. The van der Waals surface area contributed by atoms with E-state index < -0.39 is 0 Å². The molecule has 20 heavy (non-hydrogen) atoms. The van der Waals surface area contributed by atoms with E-state index in [1.807, 2.05) is 12.1 Å². The van der Waals surface area contributed by atoms with Crippen molar-refractivity contribution in [2.24, 2.45) is 0 Å². The molecule has 0 amide bonds. The Labute approximate surface area is 123 Å². The zero-order valence-corrected chi connectivity index (χ0v) is 12.8. The quantitative estimate of drug-likeness (QED) is 0.564. The Kier molecular flexibility index (Phi) is 3.27. The van der Waals surface area contributed by atoms with E-state index in [1.165, 1.54) is 16.0 Å². The standard InChI is InChI=1S/C18H18OS/c1-18(2,3)15-11-13(16-6-4-8-19-16)10-14(12-15)17-7-5-9-20-17/h4-12H,1-3H3. The third kappa shape index (κ3) is 2.56. The van der Waals surface area contributed by atoms with Crippen LogP contribution in [0.4, 0.5) is 0 Å². The predicted octanol–water partition coefficient (Wildman–Crippen LogP) is 5.97. The Morgan fingerprint density at radius 3 is 2.35 bits per heavy atom. The van der Waals surface area contributed by atoms with E-state index in [0.717, 1.165) is 11.3 Å². The van der Waals surface area contributed by atoms with E-state index >= 15 is 0 Å². The molecule has 0 fully saturated rings. The van der Waals surface area contributed by atoms with Crippen LogP contribution in [0.3, 0.4) is 0 Å². The molecule has 0 bridgehead atoms. The van der Waals surface area contributed by atoms with E-state index in [2.05, 4.69) is 56.5 Å². The zero-order chi connectivity index (χ0) is 14.2. The Hall–Kier alpha value is -1.80. The fourth-order valence-electron chi connectivity index (χ4n) is 2.23. The van der Waals surface area contributed by atoms with Gasteiger partial charge in [0, 0.05) is 10.4 Å². The average Bonchev–Trinajstić information content (AvgIpc) is 3.10. The molecule has 0 atom stereocenters. The molecule has 1 nitrogen and oxygen atoms in total. The van der Waals surface area contributed by atoms with E-state index in [9.17, 15) is 0 Å². The lowest BCUT2D eigenvalue weighted by molar-refractivity contribution is 0.578. The zero-order valence-electron chi connectivity index (χ0n) is 12.0. The second kappa shape index (κ2) is 4.95. The van der Waals surface area contributed by atoms with Gasteiger partial charge in [0.25, 0.3) is 0 Å². The van der Waals surface area contributed by atoms with Crippen molar-refractivity contribution < 1.29 is 4.42 Å². The molecule has 3 rings (SSSR count). The van der Waals surface area contributed by atoms with Gasteiger partial charge in [0.05, 0.1) is 6.26 Å². The molecular weight excluding hydrogens is 264 g/mol. The lowest BCUT2D eigenvalue weighted by Crippen LogP contribution is -2.11. The van der Waals surface area contributed by atoms with Crippen molar-refractivity contribution in [3.05, 3.63) is 59.7 Å². The maximum Gasteiger partial charge on any atom is 0.133 e. The molecule has 3 aromatic rings. The summed E-state index contributed by atoms with van der Waals surface area (Å²) in [4.78, 5) is 1.30. The SMILES string of the molecule is CC(C)(C)c1cc(-c2ccco2)cc(-c2cccs2)c1. The molecule has 0 N–H and O–H groups in total. The van der Waals surface area contributed by atoms with Crippen LogP contribution >= 0.6 is 11.3 Å². The van der Waals surface area contributed by atoms with Crippen LogP contribution in [0.15, 0.2) is 58.5 Å². The molecule has 0 saturated carbocycles. The maximum atomic E-state index is 5.56. The van der Waals surface area contributed by atoms with Crippen LogP contribution < -0.4 is 0 Å². The Morgan fingerprint density at radius 2 is 1.75 bits per heavy atom. The van der Waals surface area contributed by atoms with Gasteiger partial charge < -0.3 is 4.42 Å². The Bertz CT molecular complexity index is 633. The number of hydrogen-bond donors (Lipinski definition) is 0. The fourth-order valence-corrected chi connectivity index (χ4v) is 2.95. The largest absolute Gasteiger partial charge is 0.464 e. The number of hydrogen-bond acceptors (Lipinski definition) is 2. The highest BCUT2D eigenvalue weighted by atomic mass is 32.1. The number of furan rings is 1. The lowest BCUT2D eigenvalue weighted by atomic mass is 9.84. The van der Waals surface area contributed by atoms with Gasteiger partial charge in [-0.05, 0) is 58.3 Å². The first-order valence-electron chi connectivity index (χ1n) is 6.77. The van der Waals surface area contributed by atoms with Gasteiger partial charge in [0.1, 0.15) is 5.76 Å². The van der Waals surface area contributed by atoms with E-state index in [1.54, 1.807) is 17.6 Å². The molecule has 2 heterocycles. The molecule has 0 aliphatic heterocycles. The molecule has 2 heteroatoms. The summed E-state index contributed by atoms with van der Waals surface area (Å²) in [6.45, 7) is 6.73. The second-order valence-corrected chi connectivity index (χ2v) is 6.95. The topological polar surface area (TPSA) is 13.1 Å². The van der Waals surface area contributed by atoms with Crippen molar-refractivity contribution in [3.8, 4) is 21.8 Å². The molecule has 1 aromatic carbocycles. The van der Waals surface area contributed by atoms with E-state index in [-0.39, 0.29) is 5.41 Å². The van der Waals surface area contributed by atoms with E-state index in [4.69, 9.17) is 4.42 Å². The molecule has 2 aromatic heterocycles. The monoisotopic (exact) mass is 282 g/mol. The summed E-state index contributed by atoms with van der Waals surface area (Å²) in [7, 11) is 0. The first-order valence-corrected chi connectivity index (χ1v) is 7.65. The fraction of sp³-hybridized carbons (Fsp3) is 0.222. The predicted molar refractivity (Wildman–Crippen MR) is 86.2 cm³/mol. The van der Waals surface area contributed by atoms with Crippen molar-refractivity contribution >= 4 is 11.3 Å². The van der Waals surface area contributed by atoms with Crippen molar-refractivity contribution in [3.63, 3.8) is 0 Å². The average molecular weight is 282 g/mol. The number of benzene rings is 1. The molecule has 0 spiro atoms. The van der Waals surface area contributed by atoms with E-state index in [0.29, 0.717) is 0 Å². The summed E-state index contributed by atoms with van der Waals surface area (Å²) in [5.74, 6) is 0.925. The maximum absolute atomic E-state index is 5.56. The summed E-state index contributed by atoms with van der Waals surface area (Å²) < 4.78 is 5.56. The summed E-state index contributed by atoms with van der Waals surface area (Å²) in [6, 6.07) is 14.9. The molecule has 0 saturated heterocycles. The van der Waals surface area contributed by atoms with Crippen molar-refractivity contribution in [1.82, 2.24) is 0 Å². The third-order valence-electron chi connectivity index (χ3n) is 3.41. The molecule has 0 aliphatic carbocycles. The van der Waals surface area contributed by atoms with Gasteiger partial charge in [-0.1, -0.05) is 26.8 Å². The Morgan fingerprint density at radius 1 is 0.950 bits per heavy atom. The summed E-state index contributed by atoms with van der Waals surface area (Å²) >= 11 is 1.77. The highest BCUT2D eigenvalue weighted by Crippen LogP contribution is 2.34. The van der Waals surface area contributed by atoms with Gasteiger partial charge in [-0.2, -0.15) is 0 Å². The highest BCUT2D eigenvalue weighted by molar-refractivity contribution is 7.13. The van der Waals surface area contributed by atoms with Crippen LogP contribution in [-0.2, 0) is 5.41 Å². The molecule has 0 unspecified atom stereocenters. The van der Waals surface area contributed by atoms with Gasteiger partial charge in [-0.25, -0.2) is 0 Å². The summed E-state index contributed by atoms with van der Waals surface area (Å²) in [5.41, 5.74) is 3.86. The lowest BCUT2D eigenvalue weighted by Gasteiger charge is -2.21. The minimum atomic E-state index is 0.120. The first kappa shape index (κ1) is 13.2. The van der Waals surface area contributed by atoms with Crippen LogP contribution in [0.1, 0.15) is 26.3 Å². The summed E-state index contributed by atoms with van der Waals surface area (Å²) in [6.07, 6.45) is 1.73.